The van der Waals surface area contributed by atoms with E-state index in [-0.39, 0.29) is 11.5 Å². The lowest BCUT2D eigenvalue weighted by molar-refractivity contribution is -0.0347. The molecular weight excluding hydrogens is 450 g/mol. The smallest absolute Gasteiger partial charge is 0.259 e. The summed E-state index contributed by atoms with van der Waals surface area (Å²) in [4.78, 5) is 17.5. The Morgan fingerprint density at radius 2 is 1.88 bits per heavy atom. The van der Waals surface area contributed by atoms with Crippen LogP contribution in [0.5, 0.6) is 0 Å². The molecule has 1 aliphatic carbocycles. The minimum Gasteiger partial charge on any atom is -0.375 e. The monoisotopic (exact) mass is 475 g/mol. The quantitative estimate of drug-likeness (QED) is 0.547. The van der Waals surface area contributed by atoms with E-state index in [4.69, 9.17) is 16.3 Å². The number of nitrogens with one attached hydrogen (secondary N) is 1. The number of pyridine rings is 1. The SMILES string of the molecule is Cc1c(C(=O)Nc2ccc([C@]3(C#N)CC[C@]4(CCCO4)CC3)nc2)cnn1-c1ccc(Cl)cc1. The van der Waals surface area contributed by atoms with E-state index in [1.54, 1.807) is 29.2 Å². The van der Waals surface area contributed by atoms with Crippen LogP contribution in [0.2, 0.25) is 5.02 Å². The minimum atomic E-state index is -0.601. The van der Waals surface area contributed by atoms with E-state index >= 15 is 0 Å². The van der Waals surface area contributed by atoms with Crippen molar-refractivity contribution >= 4 is 23.2 Å². The van der Waals surface area contributed by atoms with Crippen LogP contribution in [0.4, 0.5) is 5.69 Å². The van der Waals surface area contributed by atoms with Crippen LogP contribution in [0.3, 0.4) is 0 Å². The van der Waals surface area contributed by atoms with Gasteiger partial charge in [-0.1, -0.05) is 11.6 Å². The molecule has 2 fully saturated rings. The molecule has 174 valence electrons. The molecule has 1 N–H and O–H groups in total. The number of ether oxygens (including phenoxy) is 1. The second-order valence-corrected chi connectivity index (χ2v) is 9.68. The summed E-state index contributed by atoms with van der Waals surface area (Å²) in [5.74, 6) is -0.264. The summed E-state index contributed by atoms with van der Waals surface area (Å²) in [5.41, 5.74) is 2.71. The third-order valence-corrected chi connectivity index (χ3v) is 7.50. The van der Waals surface area contributed by atoms with Gasteiger partial charge in [-0.05, 0) is 81.8 Å². The standard InChI is InChI=1S/C26H26ClN5O2/c1-18-22(16-30-32(18)21-6-3-19(27)4-7-21)24(33)31-20-5-8-23(29-15-20)25(17-28)10-12-26(13-11-25)9-2-14-34-26/h3-8,15-16H,2,9-14H2,1H3,(H,31,33)/t25-,26-. The van der Waals surface area contributed by atoms with Crippen molar-refractivity contribution in [3.8, 4) is 11.8 Å². The van der Waals surface area contributed by atoms with Crippen LogP contribution in [-0.2, 0) is 10.2 Å². The van der Waals surface area contributed by atoms with Crippen LogP contribution < -0.4 is 5.32 Å². The van der Waals surface area contributed by atoms with Crippen LogP contribution >= 0.6 is 11.6 Å². The summed E-state index contributed by atoms with van der Waals surface area (Å²) in [5, 5.41) is 17.9. The van der Waals surface area contributed by atoms with Crippen molar-refractivity contribution in [3.63, 3.8) is 0 Å². The molecule has 1 amide bonds. The number of rotatable bonds is 4. The van der Waals surface area contributed by atoms with Crippen molar-refractivity contribution in [1.82, 2.24) is 14.8 Å². The van der Waals surface area contributed by atoms with Gasteiger partial charge >= 0.3 is 0 Å². The molecule has 1 saturated heterocycles. The fourth-order valence-electron chi connectivity index (χ4n) is 5.13. The van der Waals surface area contributed by atoms with Gasteiger partial charge in [-0.15, -0.1) is 0 Å². The van der Waals surface area contributed by atoms with E-state index in [1.807, 2.05) is 31.2 Å². The first kappa shape index (κ1) is 22.6. The number of amides is 1. The normalized spacial score (nSPS) is 24.1. The number of carbonyl (C=O) groups is 1. The van der Waals surface area contributed by atoms with E-state index < -0.39 is 5.41 Å². The lowest BCUT2D eigenvalue weighted by atomic mass is 9.67. The summed E-state index contributed by atoms with van der Waals surface area (Å²) in [6.45, 7) is 2.67. The third-order valence-electron chi connectivity index (χ3n) is 7.25. The van der Waals surface area contributed by atoms with E-state index in [2.05, 4.69) is 21.5 Å². The Morgan fingerprint density at radius 1 is 1.12 bits per heavy atom. The average Bonchev–Trinajstić information content (AvgIpc) is 3.48. The zero-order valence-corrected chi connectivity index (χ0v) is 19.8. The fourth-order valence-corrected chi connectivity index (χ4v) is 5.26. The largest absolute Gasteiger partial charge is 0.375 e. The van der Waals surface area contributed by atoms with Gasteiger partial charge in [0.2, 0.25) is 0 Å². The first-order valence-electron chi connectivity index (χ1n) is 11.6. The maximum atomic E-state index is 12.9. The Labute approximate surface area is 203 Å². The third kappa shape index (κ3) is 4.08. The fraction of sp³-hybridized carbons (Fsp3) is 0.385. The van der Waals surface area contributed by atoms with E-state index in [1.165, 1.54) is 0 Å². The maximum Gasteiger partial charge on any atom is 0.259 e. The lowest BCUT2D eigenvalue weighted by Crippen LogP contribution is -2.40. The summed E-state index contributed by atoms with van der Waals surface area (Å²) in [6, 6.07) is 13.5. The van der Waals surface area contributed by atoms with Crippen molar-refractivity contribution < 1.29 is 9.53 Å². The molecule has 0 unspecified atom stereocenters. The molecule has 0 bridgehead atoms. The predicted molar refractivity (Wildman–Crippen MR) is 129 cm³/mol. The molecule has 3 aromatic rings. The average molecular weight is 476 g/mol. The van der Waals surface area contributed by atoms with Crippen LogP contribution in [0, 0.1) is 18.3 Å². The number of benzene rings is 1. The molecule has 3 heterocycles. The number of aromatic nitrogens is 3. The van der Waals surface area contributed by atoms with Crippen molar-refractivity contribution in [3.05, 3.63) is 70.8 Å². The summed E-state index contributed by atoms with van der Waals surface area (Å²) in [6.07, 6.45) is 8.62. The summed E-state index contributed by atoms with van der Waals surface area (Å²) < 4.78 is 7.72. The molecule has 0 radical (unpaired) electrons. The minimum absolute atomic E-state index is 0.0391. The molecule has 1 aliphatic heterocycles. The maximum absolute atomic E-state index is 12.9. The van der Waals surface area contributed by atoms with Gasteiger partial charge < -0.3 is 10.1 Å². The highest BCUT2D eigenvalue weighted by atomic mass is 35.5. The van der Waals surface area contributed by atoms with Gasteiger partial charge in [0, 0.05) is 11.6 Å². The van der Waals surface area contributed by atoms with Crippen LogP contribution in [0.25, 0.3) is 5.69 Å². The van der Waals surface area contributed by atoms with Gasteiger partial charge in [0.05, 0.1) is 57.8 Å². The molecule has 1 aromatic carbocycles. The van der Waals surface area contributed by atoms with Crippen LogP contribution in [-0.4, -0.2) is 32.9 Å². The molecule has 2 aromatic heterocycles. The summed E-state index contributed by atoms with van der Waals surface area (Å²) >= 11 is 5.97. The van der Waals surface area contributed by atoms with Gasteiger partial charge in [0.25, 0.3) is 5.91 Å². The van der Waals surface area contributed by atoms with Crippen molar-refractivity contribution in [2.24, 2.45) is 0 Å². The lowest BCUT2D eigenvalue weighted by Gasteiger charge is -2.40. The number of anilines is 1. The number of nitriles is 1. The molecule has 0 atom stereocenters. The highest BCUT2D eigenvalue weighted by Crippen LogP contribution is 2.47. The number of halogens is 1. The molecule has 8 heteroatoms. The molecule has 7 nitrogen and oxygen atoms in total. The van der Waals surface area contributed by atoms with E-state index in [0.29, 0.717) is 16.3 Å². The zero-order chi connectivity index (χ0) is 23.8. The van der Waals surface area contributed by atoms with E-state index in [9.17, 15) is 10.1 Å². The first-order chi connectivity index (χ1) is 16.4. The number of hydrogen-bond donors (Lipinski definition) is 1. The van der Waals surface area contributed by atoms with Gasteiger partial charge in [-0.25, -0.2) is 4.68 Å². The predicted octanol–water partition coefficient (Wildman–Crippen LogP) is 5.37. The molecular formula is C26H26ClN5O2. The Hall–Kier alpha value is -3.21. The number of nitrogens with zero attached hydrogens (tertiary/aromatic N) is 4. The first-order valence-corrected chi connectivity index (χ1v) is 12.0. The van der Waals surface area contributed by atoms with Gasteiger partial charge in [0.15, 0.2) is 0 Å². The molecule has 34 heavy (non-hydrogen) atoms. The number of hydrogen-bond acceptors (Lipinski definition) is 5. The Morgan fingerprint density at radius 3 is 2.50 bits per heavy atom. The van der Waals surface area contributed by atoms with Crippen LogP contribution in [0.1, 0.15) is 60.3 Å². The number of carbonyl (C=O) groups excluding carboxylic acids is 1. The van der Waals surface area contributed by atoms with Gasteiger partial charge in [0.1, 0.15) is 0 Å². The molecule has 1 saturated carbocycles. The van der Waals surface area contributed by atoms with E-state index in [0.717, 1.165) is 62.2 Å². The van der Waals surface area contributed by atoms with Crippen molar-refractivity contribution in [1.29, 1.82) is 5.26 Å². The van der Waals surface area contributed by atoms with Gasteiger partial charge in [-0.2, -0.15) is 10.4 Å². The molecule has 5 rings (SSSR count). The Bertz CT molecular complexity index is 1230. The molecule has 1 spiro atoms. The van der Waals surface area contributed by atoms with Crippen LogP contribution in [0.15, 0.2) is 48.8 Å². The second kappa shape index (κ2) is 8.86. The second-order valence-electron chi connectivity index (χ2n) is 9.25. The Kier molecular flexibility index (Phi) is 5.88. The summed E-state index contributed by atoms with van der Waals surface area (Å²) in [7, 11) is 0. The van der Waals surface area contributed by atoms with Crippen molar-refractivity contribution in [2.45, 2.75) is 56.5 Å². The molecule has 2 aliphatic rings. The topological polar surface area (TPSA) is 92.8 Å². The highest BCUT2D eigenvalue weighted by Gasteiger charge is 2.46. The van der Waals surface area contributed by atoms with Crippen molar-refractivity contribution in [2.75, 3.05) is 11.9 Å². The zero-order valence-electron chi connectivity index (χ0n) is 19.1. The Balaban J connectivity index is 1.29. The highest BCUT2D eigenvalue weighted by molar-refractivity contribution is 6.30. The van der Waals surface area contributed by atoms with Gasteiger partial charge in [-0.3, -0.25) is 9.78 Å².